The maximum Gasteiger partial charge on any atom is 0.326 e. The lowest BCUT2D eigenvalue weighted by Crippen LogP contribution is -2.52. The van der Waals surface area contributed by atoms with E-state index in [1.54, 1.807) is 36.4 Å². The highest BCUT2D eigenvalue weighted by Crippen LogP contribution is 2.36. The second kappa shape index (κ2) is 13.7. The van der Waals surface area contributed by atoms with Gasteiger partial charge in [-0.15, -0.1) is 0 Å². The molecule has 1 atom stereocenters. The Balaban J connectivity index is 1.36. The lowest BCUT2D eigenvalue weighted by atomic mass is 9.96. The van der Waals surface area contributed by atoms with E-state index in [2.05, 4.69) is 18.3 Å². The molecule has 0 bridgehead atoms. The van der Waals surface area contributed by atoms with Crippen LogP contribution in [0.4, 0.5) is 0 Å². The van der Waals surface area contributed by atoms with E-state index >= 15 is 0 Å². The van der Waals surface area contributed by atoms with Crippen LogP contribution in [0.25, 0.3) is 11.1 Å². The highest BCUT2D eigenvalue weighted by Gasteiger charge is 2.32. The van der Waals surface area contributed by atoms with Gasteiger partial charge >= 0.3 is 5.97 Å². The number of aliphatic carboxylic acids is 1. The number of hydrogen-bond acceptors (Lipinski definition) is 8. The zero-order chi connectivity index (χ0) is 32.0. The molecule has 1 amide bonds. The van der Waals surface area contributed by atoms with Gasteiger partial charge in [-0.25, -0.2) is 0 Å². The zero-order valence-corrected chi connectivity index (χ0v) is 25.2. The zero-order valence-electron chi connectivity index (χ0n) is 25.2. The van der Waals surface area contributed by atoms with Crippen LogP contribution < -0.4 is 30.0 Å². The molecule has 0 spiro atoms. The number of nitrogens with one attached hydrogen (secondary N) is 1. The molecular weight excluding hydrogens is 576 g/mol. The topological polar surface area (TPSA) is 150 Å². The van der Waals surface area contributed by atoms with Crippen molar-refractivity contribution in [3.05, 3.63) is 107 Å². The predicted octanol–water partition coefficient (Wildman–Crippen LogP) is 4.62. The summed E-state index contributed by atoms with van der Waals surface area (Å²) in [5.41, 5.74) is 9.78. The molecular formula is C35H36N2O8. The van der Waals surface area contributed by atoms with Gasteiger partial charge < -0.3 is 34.9 Å². The standard InChI is InChI=1S/C35H36N2O8/c1-22-27(7-4-8-29(22)24-10-12-30-32(16-24)43-14-13-42-30)20-44-28-11-9-26(18-37-35(2,21-38)34(40)41)31(17-28)45-19-23-5-3-6-25(15-23)33(36)39/h3-12,15-17,37-38H,13-14,18-21H2,1-2H3,(H2,36,39)(H,40,41). The van der Waals surface area contributed by atoms with Crippen LogP contribution in [0.15, 0.2) is 78.9 Å². The molecule has 5 rings (SSSR count). The molecule has 0 aliphatic carbocycles. The number of fused-ring (bicyclic) bond motifs is 1. The molecule has 234 valence electrons. The summed E-state index contributed by atoms with van der Waals surface area (Å²) < 4.78 is 23.8. The molecule has 10 heteroatoms. The number of hydrogen-bond donors (Lipinski definition) is 4. The molecule has 1 unspecified atom stereocenters. The lowest BCUT2D eigenvalue weighted by Gasteiger charge is -2.24. The van der Waals surface area contributed by atoms with Crippen LogP contribution in [0.1, 0.15) is 39.5 Å². The Morgan fingerprint density at radius 1 is 0.911 bits per heavy atom. The number of ether oxygens (including phenoxy) is 4. The highest BCUT2D eigenvalue weighted by molar-refractivity contribution is 5.92. The molecule has 45 heavy (non-hydrogen) atoms. The first-order chi connectivity index (χ1) is 21.7. The maximum atomic E-state index is 11.7. The van der Waals surface area contributed by atoms with Crippen LogP contribution in [0.5, 0.6) is 23.0 Å². The Bertz CT molecular complexity index is 1710. The van der Waals surface area contributed by atoms with E-state index < -0.39 is 24.0 Å². The first-order valence-electron chi connectivity index (χ1n) is 14.5. The average molecular weight is 613 g/mol. The largest absolute Gasteiger partial charge is 0.489 e. The van der Waals surface area contributed by atoms with E-state index in [0.29, 0.717) is 42.4 Å². The third-order valence-corrected chi connectivity index (χ3v) is 7.80. The quantitative estimate of drug-likeness (QED) is 0.170. The molecule has 0 radical (unpaired) electrons. The molecule has 0 aromatic heterocycles. The molecule has 0 saturated heterocycles. The number of rotatable bonds is 13. The number of carbonyl (C=O) groups is 2. The highest BCUT2D eigenvalue weighted by atomic mass is 16.6. The van der Waals surface area contributed by atoms with Crippen molar-refractivity contribution in [1.29, 1.82) is 0 Å². The van der Waals surface area contributed by atoms with E-state index in [0.717, 1.165) is 39.3 Å². The monoisotopic (exact) mass is 612 g/mol. The van der Waals surface area contributed by atoms with Crippen LogP contribution in [0.3, 0.4) is 0 Å². The summed E-state index contributed by atoms with van der Waals surface area (Å²) in [6.07, 6.45) is 0. The second-order valence-electron chi connectivity index (χ2n) is 11.0. The SMILES string of the molecule is Cc1c(COc2ccc(CNC(C)(CO)C(=O)O)c(OCc3cccc(C(N)=O)c3)c2)cccc1-c1ccc2c(c1)OCCO2. The first kappa shape index (κ1) is 31.4. The number of carboxylic acids is 1. The number of carbonyl (C=O) groups excluding carboxylic acids is 1. The van der Waals surface area contributed by atoms with Crippen molar-refractivity contribution in [3.63, 3.8) is 0 Å². The Hall–Kier alpha value is -5.06. The maximum absolute atomic E-state index is 11.7. The predicted molar refractivity (Wildman–Crippen MR) is 168 cm³/mol. The number of amides is 1. The van der Waals surface area contributed by atoms with Gasteiger partial charge in [-0.05, 0) is 72.0 Å². The van der Waals surface area contributed by atoms with Gasteiger partial charge in [0.2, 0.25) is 5.91 Å². The van der Waals surface area contributed by atoms with Gasteiger partial charge in [0.05, 0.1) is 6.61 Å². The molecule has 1 heterocycles. The van der Waals surface area contributed by atoms with Crippen molar-refractivity contribution >= 4 is 11.9 Å². The Kier molecular flexibility index (Phi) is 9.56. The molecule has 1 aliphatic heterocycles. The Morgan fingerprint density at radius 3 is 2.44 bits per heavy atom. The van der Waals surface area contributed by atoms with E-state index in [-0.39, 0.29) is 13.2 Å². The number of carboxylic acid groups (broad SMARTS) is 1. The Morgan fingerprint density at radius 2 is 1.69 bits per heavy atom. The van der Waals surface area contributed by atoms with Gasteiger partial charge in [0, 0.05) is 23.7 Å². The Labute approximate surface area is 261 Å². The third kappa shape index (κ3) is 7.36. The first-order valence-corrected chi connectivity index (χ1v) is 14.5. The summed E-state index contributed by atoms with van der Waals surface area (Å²) in [5.74, 6) is 0.755. The number of nitrogens with two attached hydrogens (primary N) is 1. The third-order valence-electron chi connectivity index (χ3n) is 7.80. The fourth-order valence-electron chi connectivity index (χ4n) is 4.89. The van der Waals surface area contributed by atoms with Gasteiger partial charge in [-0.2, -0.15) is 0 Å². The number of primary amides is 1. The average Bonchev–Trinajstić information content (AvgIpc) is 3.06. The number of aliphatic hydroxyl groups is 1. The van der Waals surface area contributed by atoms with Crippen molar-refractivity contribution in [1.82, 2.24) is 5.32 Å². The fourth-order valence-corrected chi connectivity index (χ4v) is 4.89. The van der Waals surface area contributed by atoms with Gasteiger partial charge in [0.1, 0.15) is 43.5 Å². The number of benzene rings is 4. The minimum Gasteiger partial charge on any atom is -0.489 e. The summed E-state index contributed by atoms with van der Waals surface area (Å²) in [6, 6.07) is 24.1. The van der Waals surface area contributed by atoms with Gasteiger partial charge in [0.15, 0.2) is 11.5 Å². The van der Waals surface area contributed by atoms with E-state index in [9.17, 15) is 19.8 Å². The van der Waals surface area contributed by atoms with Gasteiger partial charge in [0.25, 0.3) is 0 Å². The van der Waals surface area contributed by atoms with Crippen LogP contribution >= 0.6 is 0 Å². The summed E-state index contributed by atoms with van der Waals surface area (Å²) in [7, 11) is 0. The summed E-state index contributed by atoms with van der Waals surface area (Å²) in [5, 5.41) is 22.1. The van der Waals surface area contributed by atoms with Crippen LogP contribution in [0.2, 0.25) is 0 Å². The summed E-state index contributed by atoms with van der Waals surface area (Å²) in [6.45, 7) is 4.45. The van der Waals surface area contributed by atoms with Crippen LogP contribution in [-0.2, 0) is 24.6 Å². The second-order valence-corrected chi connectivity index (χ2v) is 11.0. The molecule has 1 aliphatic rings. The van der Waals surface area contributed by atoms with E-state index in [1.165, 1.54) is 6.92 Å². The molecule has 0 fully saturated rings. The van der Waals surface area contributed by atoms with Crippen molar-refractivity contribution in [3.8, 4) is 34.1 Å². The smallest absolute Gasteiger partial charge is 0.326 e. The van der Waals surface area contributed by atoms with Gasteiger partial charge in [-0.3, -0.25) is 14.9 Å². The van der Waals surface area contributed by atoms with Crippen molar-refractivity contribution < 1.29 is 38.7 Å². The molecule has 0 saturated carbocycles. The fraction of sp³-hybridized carbons (Fsp3) is 0.257. The summed E-state index contributed by atoms with van der Waals surface area (Å²) in [4.78, 5) is 23.4. The molecule has 5 N–H and O–H groups in total. The minimum absolute atomic E-state index is 0.108. The minimum atomic E-state index is -1.54. The normalized spacial score (nSPS) is 13.5. The van der Waals surface area contributed by atoms with Crippen LogP contribution in [0, 0.1) is 6.92 Å². The van der Waals surface area contributed by atoms with E-state index in [1.807, 2.05) is 36.4 Å². The van der Waals surface area contributed by atoms with Crippen molar-refractivity contribution in [2.24, 2.45) is 5.73 Å². The summed E-state index contributed by atoms with van der Waals surface area (Å²) >= 11 is 0. The number of aliphatic hydroxyl groups excluding tert-OH is 1. The van der Waals surface area contributed by atoms with Gasteiger partial charge in [-0.1, -0.05) is 42.5 Å². The van der Waals surface area contributed by atoms with E-state index in [4.69, 9.17) is 24.7 Å². The van der Waals surface area contributed by atoms with Crippen molar-refractivity contribution in [2.45, 2.75) is 39.1 Å². The molecule has 4 aromatic carbocycles. The molecule has 4 aromatic rings. The van der Waals surface area contributed by atoms with Crippen molar-refractivity contribution in [2.75, 3.05) is 19.8 Å². The lowest BCUT2D eigenvalue weighted by molar-refractivity contribution is -0.145. The molecule has 10 nitrogen and oxygen atoms in total. The van der Waals surface area contributed by atoms with Crippen LogP contribution in [-0.4, -0.2) is 47.4 Å².